The summed E-state index contributed by atoms with van der Waals surface area (Å²) >= 11 is 0. The minimum absolute atomic E-state index is 0.0540. The highest BCUT2D eigenvalue weighted by atomic mass is 16.6. The summed E-state index contributed by atoms with van der Waals surface area (Å²) < 4.78 is 11.1. The molecule has 0 amide bonds. The van der Waals surface area contributed by atoms with E-state index in [0.717, 1.165) is 32.1 Å². The van der Waals surface area contributed by atoms with E-state index in [4.69, 9.17) is 9.47 Å². The quantitative estimate of drug-likeness (QED) is 0.588. The summed E-state index contributed by atoms with van der Waals surface area (Å²) in [5, 5.41) is 11.0. The number of hydrogen-bond donors (Lipinski definition) is 1. The number of esters is 1. The summed E-state index contributed by atoms with van der Waals surface area (Å²) in [5.41, 5.74) is 1.05. The number of likely N-dealkylation sites (tertiary alicyclic amines) is 1. The maximum absolute atomic E-state index is 12.5. The van der Waals surface area contributed by atoms with Crippen LogP contribution in [0.2, 0.25) is 0 Å². The first-order valence-electron chi connectivity index (χ1n) is 9.45. The highest BCUT2D eigenvalue weighted by Crippen LogP contribution is 2.39. The highest BCUT2D eigenvalue weighted by molar-refractivity contribution is 5.76. The Morgan fingerprint density at radius 1 is 1.32 bits per heavy atom. The van der Waals surface area contributed by atoms with E-state index in [0.29, 0.717) is 36.9 Å². The lowest BCUT2D eigenvalue weighted by molar-refractivity contribution is -0.226. The van der Waals surface area contributed by atoms with Crippen LogP contribution in [0.3, 0.4) is 0 Å². The second-order valence-corrected chi connectivity index (χ2v) is 7.74. The fraction of sp³-hybridized carbons (Fsp3) is 0.750. The van der Waals surface area contributed by atoms with Crippen LogP contribution in [-0.4, -0.2) is 47.6 Å². The third-order valence-electron chi connectivity index (χ3n) is 5.23. The van der Waals surface area contributed by atoms with Gasteiger partial charge in [0.2, 0.25) is 0 Å². The van der Waals surface area contributed by atoms with Gasteiger partial charge in [-0.05, 0) is 38.0 Å². The molecule has 0 aromatic carbocycles. The fourth-order valence-electron chi connectivity index (χ4n) is 3.56. The van der Waals surface area contributed by atoms with Gasteiger partial charge in [0.05, 0.1) is 13.2 Å². The second kappa shape index (κ2) is 8.37. The van der Waals surface area contributed by atoms with Gasteiger partial charge in [-0.1, -0.05) is 33.9 Å². The van der Waals surface area contributed by atoms with Crippen molar-refractivity contribution >= 4 is 5.97 Å². The molecule has 5 heteroatoms. The van der Waals surface area contributed by atoms with Crippen molar-refractivity contribution in [3.63, 3.8) is 0 Å². The zero-order chi connectivity index (χ0) is 18.6. The molecule has 3 unspecified atom stereocenters. The number of hydrogen-bond acceptors (Lipinski definition) is 5. The summed E-state index contributed by atoms with van der Waals surface area (Å²) in [6.07, 6.45) is 4.50. The number of nitrogens with zero attached hydrogens (tertiary/aromatic N) is 1. The first-order valence-corrected chi connectivity index (χ1v) is 9.45. The Morgan fingerprint density at radius 2 is 2.04 bits per heavy atom. The Bertz CT molecular complexity index is 516. The molecule has 2 heterocycles. The number of carbonyl (C=O) groups excluding carboxylic acids is 1. The smallest absolute Gasteiger partial charge is 0.328 e. The molecule has 2 saturated heterocycles. The molecule has 0 saturated carbocycles. The van der Waals surface area contributed by atoms with Crippen molar-refractivity contribution in [3.8, 4) is 0 Å². The average Bonchev–Trinajstić information content (AvgIpc) is 2.61. The lowest BCUT2D eigenvalue weighted by Crippen LogP contribution is -2.50. The zero-order valence-corrected chi connectivity index (χ0v) is 15.9. The normalized spacial score (nSPS) is 30.2. The van der Waals surface area contributed by atoms with Gasteiger partial charge in [0.1, 0.15) is 6.04 Å². The van der Waals surface area contributed by atoms with E-state index in [1.54, 1.807) is 0 Å². The van der Waals surface area contributed by atoms with E-state index < -0.39 is 5.79 Å². The van der Waals surface area contributed by atoms with Crippen LogP contribution in [-0.2, 0) is 14.3 Å². The molecule has 0 aliphatic carbocycles. The largest absolute Gasteiger partial charge is 0.464 e. The van der Waals surface area contributed by atoms with Crippen LogP contribution in [0.15, 0.2) is 24.4 Å². The summed E-state index contributed by atoms with van der Waals surface area (Å²) in [5.74, 6) is -1.37. The van der Waals surface area contributed by atoms with Crippen molar-refractivity contribution in [2.45, 2.75) is 64.7 Å². The number of carbonyl (C=O) groups is 1. The van der Waals surface area contributed by atoms with Gasteiger partial charge in [0.15, 0.2) is 5.79 Å². The van der Waals surface area contributed by atoms with Crippen LogP contribution in [0.4, 0.5) is 0 Å². The summed E-state index contributed by atoms with van der Waals surface area (Å²) in [7, 11) is 0. The molecule has 142 valence electrons. The number of aliphatic hydroxyl groups is 1. The molecule has 25 heavy (non-hydrogen) atoms. The maximum atomic E-state index is 12.5. The van der Waals surface area contributed by atoms with Crippen molar-refractivity contribution in [3.05, 3.63) is 24.4 Å². The first kappa shape index (κ1) is 20.0. The van der Waals surface area contributed by atoms with Gasteiger partial charge >= 0.3 is 5.97 Å². The van der Waals surface area contributed by atoms with Crippen LogP contribution < -0.4 is 0 Å². The molecule has 0 spiro atoms. The highest BCUT2D eigenvalue weighted by Gasteiger charge is 2.43. The summed E-state index contributed by atoms with van der Waals surface area (Å²) in [6, 6.07) is -0.362. The molecular formula is C20H33NO4. The third kappa shape index (κ3) is 4.45. The van der Waals surface area contributed by atoms with Crippen LogP contribution in [0, 0.1) is 11.8 Å². The first-order chi connectivity index (χ1) is 11.8. The molecule has 2 fully saturated rings. The van der Waals surface area contributed by atoms with Crippen LogP contribution >= 0.6 is 0 Å². The molecule has 3 atom stereocenters. The van der Waals surface area contributed by atoms with Crippen molar-refractivity contribution in [1.82, 2.24) is 4.90 Å². The predicted octanol–water partition coefficient (Wildman–Crippen LogP) is 3.25. The minimum atomic E-state index is -1.40. The standard InChI is InChI=1S/C20H33NO4/c1-14(2)13-24-19(22)18-10-6-7-11-21(18)17(5)16(4)20(23)15(3)9-8-12-25-20/h14-15,18,23H,4-13H2,1-3H3. The Balaban J connectivity index is 2.11. The van der Waals surface area contributed by atoms with E-state index in [2.05, 4.69) is 13.2 Å². The van der Waals surface area contributed by atoms with Crippen molar-refractivity contribution in [2.24, 2.45) is 11.8 Å². The van der Waals surface area contributed by atoms with Gasteiger partial charge in [-0.15, -0.1) is 0 Å². The van der Waals surface area contributed by atoms with Gasteiger partial charge < -0.3 is 19.5 Å². The van der Waals surface area contributed by atoms with Crippen LogP contribution in [0.5, 0.6) is 0 Å². The molecule has 2 aliphatic rings. The average molecular weight is 351 g/mol. The summed E-state index contributed by atoms with van der Waals surface area (Å²) in [4.78, 5) is 14.5. The van der Waals surface area contributed by atoms with E-state index >= 15 is 0 Å². The number of rotatable bonds is 6. The third-order valence-corrected chi connectivity index (χ3v) is 5.23. The van der Waals surface area contributed by atoms with Gasteiger partial charge in [-0.3, -0.25) is 0 Å². The molecule has 2 aliphatic heterocycles. The number of ether oxygens (including phenoxy) is 2. The van der Waals surface area contributed by atoms with E-state index in [1.165, 1.54) is 0 Å². The Labute approximate surface area is 151 Å². The second-order valence-electron chi connectivity index (χ2n) is 7.74. The monoisotopic (exact) mass is 351 g/mol. The molecule has 1 N–H and O–H groups in total. The Kier molecular flexibility index (Phi) is 6.69. The van der Waals surface area contributed by atoms with Crippen molar-refractivity contribution in [1.29, 1.82) is 0 Å². The SMILES string of the molecule is C=C(C(=C)C1(O)OCCCC1C)N1CCCCC1C(=O)OCC(C)C. The topological polar surface area (TPSA) is 59.0 Å². The van der Waals surface area contributed by atoms with Gasteiger partial charge in [0.25, 0.3) is 0 Å². The zero-order valence-electron chi connectivity index (χ0n) is 15.9. The van der Waals surface area contributed by atoms with E-state index in [-0.39, 0.29) is 17.9 Å². The van der Waals surface area contributed by atoms with Gasteiger partial charge in [0, 0.05) is 23.7 Å². The molecule has 0 radical (unpaired) electrons. The predicted molar refractivity (Wildman–Crippen MR) is 97.7 cm³/mol. The Morgan fingerprint density at radius 3 is 2.68 bits per heavy atom. The van der Waals surface area contributed by atoms with Crippen molar-refractivity contribution in [2.75, 3.05) is 19.8 Å². The number of piperidine rings is 1. The fourth-order valence-corrected chi connectivity index (χ4v) is 3.56. The van der Waals surface area contributed by atoms with E-state index in [9.17, 15) is 9.90 Å². The molecule has 0 aromatic rings. The summed E-state index contributed by atoms with van der Waals surface area (Å²) in [6.45, 7) is 15.8. The lowest BCUT2D eigenvalue weighted by Gasteiger charge is -2.44. The van der Waals surface area contributed by atoms with Gasteiger partial charge in [-0.2, -0.15) is 0 Å². The molecular weight excluding hydrogens is 318 g/mol. The molecule has 0 aromatic heterocycles. The van der Waals surface area contributed by atoms with Crippen LogP contribution in [0.1, 0.15) is 52.9 Å². The van der Waals surface area contributed by atoms with Crippen LogP contribution in [0.25, 0.3) is 0 Å². The minimum Gasteiger partial charge on any atom is -0.464 e. The Hall–Kier alpha value is -1.33. The molecule has 2 rings (SSSR count). The van der Waals surface area contributed by atoms with E-state index in [1.807, 2.05) is 25.7 Å². The molecule has 0 bridgehead atoms. The lowest BCUT2D eigenvalue weighted by atomic mass is 9.85. The molecule has 5 nitrogen and oxygen atoms in total. The van der Waals surface area contributed by atoms with Gasteiger partial charge in [-0.25, -0.2) is 4.79 Å². The van der Waals surface area contributed by atoms with Crippen molar-refractivity contribution < 1.29 is 19.4 Å². The maximum Gasteiger partial charge on any atom is 0.328 e.